The van der Waals surface area contributed by atoms with Crippen LogP contribution >= 0.6 is 0 Å². The molecule has 304 valence electrons. The summed E-state index contributed by atoms with van der Waals surface area (Å²) in [5, 5.41) is 77.7. The number of hydrogen-bond acceptors (Lipinski definition) is 12. The van der Waals surface area contributed by atoms with E-state index < -0.39 is 72.6 Å². The van der Waals surface area contributed by atoms with Crippen molar-refractivity contribution in [1.29, 1.82) is 0 Å². The van der Waals surface area contributed by atoms with E-state index in [0.29, 0.717) is 31.6 Å². The maximum absolute atomic E-state index is 12.9. The lowest BCUT2D eigenvalue weighted by Crippen LogP contribution is -2.67. The lowest BCUT2D eigenvalue weighted by Gasteiger charge is -2.65. The predicted octanol–water partition coefficient (Wildman–Crippen LogP) is 3.53. The molecule has 3 saturated heterocycles. The van der Waals surface area contributed by atoms with Gasteiger partial charge in [-0.25, -0.2) is 0 Å². The molecule has 0 spiro atoms. The number of rotatable bonds is 7. The van der Waals surface area contributed by atoms with E-state index >= 15 is 0 Å². The quantitative estimate of drug-likeness (QED) is 0.201. The van der Waals surface area contributed by atoms with Crippen molar-refractivity contribution < 1.29 is 59.4 Å². The van der Waals surface area contributed by atoms with Gasteiger partial charge in [-0.1, -0.05) is 32.0 Å². The number of phenolic OH excluding ortho intramolecular Hbond substituents is 1. The second-order valence-corrected chi connectivity index (χ2v) is 18.7. The Morgan fingerprint density at radius 2 is 1.46 bits per heavy atom. The molecule has 20 atom stereocenters. The smallest absolute Gasteiger partial charge is 0.161 e. The Bertz CT molecular complexity index is 1460. The van der Waals surface area contributed by atoms with Crippen molar-refractivity contribution in [3.8, 4) is 5.75 Å². The summed E-state index contributed by atoms with van der Waals surface area (Å²) in [6.45, 7) is 7.99. The zero-order valence-electron chi connectivity index (χ0n) is 32.3. The van der Waals surface area contributed by atoms with Crippen LogP contribution in [0.2, 0.25) is 0 Å². The summed E-state index contributed by atoms with van der Waals surface area (Å²) in [4.78, 5) is 0. The van der Waals surface area contributed by atoms with Gasteiger partial charge in [0.25, 0.3) is 0 Å². The van der Waals surface area contributed by atoms with Crippen LogP contribution in [-0.2, 0) is 30.1 Å². The Kier molecular flexibility index (Phi) is 10.8. The normalized spacial score (nSPS) is 53.4. The van der Waals surface area contributed by atoms with Gasteiger partial charge >= 0.3 is 0 Å². The van der Waals surface area contributed by atoms with Crippen LogP contribution in [0.5, 0.6) is 5.75 Å². The molecule has 0 bridgehead atoms. The third-order valence-corrected chi connectivity index (χ3v) is 16.1. The van der Waals surface area contributed by atoms with Crippen LogP contribution in [0, 0.1) is 40.4 Å². The molecule has 8 rings (SSSR count). The zero-order valence-corrected chi connectivity index (χ0v) is 32.3. The Hall–Kier alpha value is -1.42. The van der Waals surface area contributed by atoms with Gasteiger partial charge in [0.1, 0.15) is 18.0 Å². The van der Waals surface area contributed by atoms with E-state index in [9.17, 15) is 35.7 Å². The molecule has 0 radical (unpaired) electrons. The minimum absolute atomic E-state index is 0.0300. The van der Waals surface area contributed by atoms with Crippen LogP contribution in [0.3, 0.4) is 0 Å². The molecule has 7 N–H and O–H groups in total. The summed E-state index contributed by atoms with van der Waals surface area (Å²) in [5.41, 5.74) is -1.06. The van der Waals surface area contributed by atoms with Crippen molar-refractivity contribution in [2.24, 2.45) is 40.4 Å². The maximum Gasteiger partial charge on any atom is 0.161 e. The topological polar surface area (TPSA) is 188 Å². The van der Waals surface area contributed by atoms with Crippen LogP contribution in [0.4, 0.5) is 0 Å². The number of aliphatic hydroxyl groups is 6. The van der Waals surface area contributed by atoms with Gasteiger partial charge in [-0.3, -0.25) is 0 Å². The van der Waals surface area contributed by atoms with Crippen LogP contribution in [0.25, 0.3) is 0 Å². The molecule has 7 unspecified atom stereocenters. The first-order chi connectivity index (χ1) is 25.6. The minimum atomic E-state index is -1.03. The second kappa shape index (κ2) is 14.8. The number of para-hydroxylation sites is 1. The largest absolute Gasteiger partial charge is 0.508 e. The fourth-order valence-corrected chi connectivity index (χ4v) is 13.1. The van der Waals surface area contributed by atoms with Gasteiger partial charge in [-0.05, 0) is 112 Å². The summed E-state index contributed by atoms with van der Waals surface area (Å²) < 4.78 is 30.7. The van der Waals surface area contributed by atoms with E-state index in [2.05, 4.69) is 13.8 Å². The summed E-state index contributed by atoms with van der Waals surface area (Å²) in [7, 11) is 0. The van der Waals surface area contributed by atoms with Gasteiger partial charge in [0.15, 0.2) is 18.9 Å². The average Bonchev–Trinajstić information content (AvgIpc) is 3.62. The Balaban J connectivity index is 0.907. The number of hydrogen-bond donors (Lipinski definition) is 7. The van der Waals surface area contributed by atoms with Crippen LogP contribution < -0.4 is 0 Å². The van der Waals surface area contributed by atoms with Crippen molar-refractivity contribution in [2.45, 2.75) is 184 Å². The molecule has 1 aromatic carbocycles. The molecule has 4 saturated carbocycles. The molecule has 0 amide bonds. The standard InChI is InChI=1S/C42H64O12/c1-21-38(48)31(44)19-37(50-21)54-39-22(2)51-36(20-32(39)45)52-25-11-13-40(3)24(16-25)9-10-28-29(40)18-34(46)41(4)27(12-14-42(28,41)49)26-17-35(47)53-33(26)15-23-7-5-6-8-30(23)43/h5-8,21-22,24-29,31-39,43-49H,9-20H2,1-4H3/t21?,22?,24-,25+,26?,27-,28-,29+,31-,32-,33?,34-,35?,36+,37-,38?,39?,40+,41+,42+/m1/s1. The maximum atomic E-state index is 12.9. The fraction of sp³-hybridized carbons (Fsp3) is 0.857. The van der Waals surface area contributed by atoms with Gasteiger partial charge < -0.3 is 59.4 Å². The molecular weight excluding hydrogens is 696 g/mol. The van der Waals surface area contributed by atoms with E-state index in [1.165, 1.54) is 0 Å². The number of ether oxygens (including phenoxy) is 5. The molecule has 3 aliphatic heterocycles. The molecule has 12 heteroatoms. The zero-order chi connectivity index (χ0) is 38.3. The SMILES string of the molecule is CC1O[C@H](OC2C(C)O[C@@H](O[C@H]3CC[C@@]4(C)[C@H](CC[C@@H]5[C@@H]4C[C@@H](O)[C@]4(C)[C@@H](C6CC(O)OC6Cc6ccccc6O)CC[C@]54O)C3)C[C@H]2O)C[C@@H](O)C1O. The number of aliphatic hydroxyl groups excluding tert-OH is 5. The van der Waals surface area contributed by atoms with Gasteiger partial charge in [0.05, 0.1) is 48.3 Å². The molecule has 12 nitrogen and oxygen atoms in total. The predicted molar refractivity (Wildman–Crippen MR) is 195 cm³/mol. The Morgan fingerprint density at radius 1 is 0.741 bits per heavy atom. The third-order valence-electron chi connectivity index (χ3n) is 16.1. The first-order valence-corrected chi connectivity index (χ1v) is 20.8. The van der Waals surface area contributed by atoms with Gasteiger partial charge in [-0.2, -0.15) is 0 Å². The summed E-state index contributed by atoms with van der Waals surface area (Å²) >= 11 is 0. The first-order valence-electron chi connectivity index (χ1n) is 20.8. The highest BCUT2D eigenvalue weighted by Gasteiger charge is 2.71. The highest BCUT2D eigenvalue weighted by molar-refractivity contribution is 5.32. The Morgan fingerprint density at radius 3 is 2.20 bits per heavy atom. The summed E-state index contributed by atoms with van der Waals surface area (Å²) in [6, 6.07) is 7.24. The number of aromatic hydroxyl groups is 1. The molecule has 0 aromatic heterocycles. The lowest BCUT2D eigenvalue weighted by molar-refractivity contribution is -0.318. The van der Waals surface area contributed by atoms with Crippen molar-refractivity contribution in [3.05, 3.63) is 29.8 Å². The van der Waals surface area contributed by atoms with Crippen molar-refractivity contribution in [2.75, 3.05) is 0 Å². The molecule has 3 heterocycles. The second-order valence-electron chi connectivity index (χ2n) is 18.7. The van der Waals surface area contributed by atoms with E-state index in [1.807, 2.05) is 19.1 Å². The molecule has 1 aromatic rings. The van der Waals surface area contributed by atoms with E-state index in [4.69, 9.17) is 23.7 Å². The average molecular weight is 761 g/mol. The summed E-state index contributed by atoms with van der Waals surface area (Å²) in [5.74, 6) is 0.724. The van der Waals surface area contributed by atoms with Gasteiger partial charge in [-0.15, -0.1) is 0 Å². The fourth-order valence-electron chi connectivity index (χ4n) is 13.1. The molecule has 7 fully saturated rings. The van der Waals surface area contributed by atoms with Gasteiger partial charge in [0.2, 0.25) is 0 Å². The van der Waals surface area contributed by atoms with Crippen molar-refractivity contribution in [1.82, 2.24) is 0 Å². The van der Waals surface area contributed by atoms with E-state index in [-0.39, 0.29) is 59.9 Å². The first kappa shape index (κ1) is 39.4. The third kappa shape index (κ3) is 6.57. The van der Waals surface area contributed by atoms with Crippen molar-refractivity contribution in [3.63, 3.8) is 0 Å². The number of phenols is 1. The summed E-state index contributed by atoms with van der Waals surface area (Å²) in [6.07, 6.45) is -0.0553. The number of benzene rings is 1. The van der Waals surface area contributed by atoms with Gasteiger partial charge in [0, 0.05) is 31.1 Å². The Labute approximate surface area is 319 Å². The van der Waals surface area contributed by atoms with Crippen LogP contribution in [-0.4, -0.2) is 115 Å². The minimum Gasteiger partial charge on any atom is -0.508 e. The highest BCUT2D eigenvalue weighted by atomic mass is 16.7. The molecule has 54 heavy (non-hydrogen) atoms. The lowest BCUT2D eigenvalue weighted by atomic mass is 9.42. The monoisotopic (exact) mass is 760 g/mol. The van der Waals surface area contributed by atoms with E-state index in [0.717, 1.165) is 44.1 Å². The molecule has 7 aliphatic rings. The number of fused-ring (bicyclic) bond motifs is 5. The molecular formula is C42H64O12. The van der Waals surface area contributed by atoms with Crippen molar-refractivity contribution >= 4 is 0 Å². The molecule has 4 aliphatic carbocycles. The van der Waals surface area contributed by atoms with Crippen LogP contribution in [0.1, 0.15) is 104 Å². The van der Waals surface area contributed by atoms with E-state index in [1.54, 1.807) is 19.1 Å². The van der Waals surface area contributed by atoms with Crippen LogP contribution in [0.15, 0.2) is 24.3 Å². The highest BCUT2D eigenvalue weighted by Crippen LogP contribution is 2.70.